The van der Waals surface area contributed by atoms with Crippen LogP contribution in [0.3, 0.4) is 0 Å². The zero-order chi connectivity index (χ0) is 11.6. The second-order valence-corrected chi connectivity index (χ2v) is 6.36. The molecular formula is C13H22N2S. The molecule has 0 spiro atoms. The molecule has 0 aromatic carbocycles. The summed E-state index contributed by atoms with van der Waals surface area (Å²) in [6.45, 7) is 4.43. The van der Waals surface area contributed by atoms with Crippen LogP contribution < -0.4 is 5.73 Å². The maximum Gasteiger partial charge on any atom is 0.113 e. The molecule has 1 saturated carbocycles. The number of hydrogen-bond donors (Lipinski definition) is 1. The van der Waals surface area contributed by atoms with Gasteiger partial charge in [0, 0.05) is 11.1 Å². The van der Waals surface area contributed by atoms with Crippen molar-refractivity contribution in [2.45, 2.75) is 63.8 Å². The van der Waals surface area contributed by atoms with Gasteiger partial charge in [-0.2, -0.15) is 0 Å². The van der Waals surface area contributed by atoms with Gasteiger partial charge in [-0.1, -0.05) is 39.5 Å². The number of nitrogens with two attached hydrogens (primary N) is 1. The molecule has 1 heterocycles. The molecule has 1 aliphatic carbocycles. The molecule has 2 N–H and O–H groups in total. The Bertz CT molecular complexity index is 335. The first-order chi connectivity index (χ1) is 7.62. The van der Waals surface area contributed by atoms with Crippen molar-refractivity contribution >= 4 is 11.3 Å². The van der Waals surface area contributed by atoms with E-state index in [0.717, 1.165) is 17.8 Å². The van der Waals surface area contributed by atoms with E-state index in [1.54, 1.807) is 0 Å². The molecule has 0 radical (unpaired) electrons. The van der Waals surface area contributed by atoms with Crippen molar-refractivity contribution in [2.75, 3.05) is 0 Å². The lowest BCUT2D eigenvalue weighted by Gasteiger charge is -2.25. The van der Waals surface area contributed by atoms with Gasteiger partial charge in [-0.3, -0.25) is 0 Å². The van der Waals surface area contributed by atoms with E-state index >= 15 is 0 Å². The Balaban J connectivity index is 2.19. The Hall–Kier alpha value is -0.410. The minimum absolute atomic E-state index is 0.131. The summed E-state index contributed by atoms with van der Waals surface area (Å²) in [7, 11) is 0. The molecule has 0 aliphatic heterocycles. The Morgan fingerprint density at radius 1 is 1.25 bits per heavy atom. The largest absolute Gasteiger partial charge is 0.319 e. The van der Waals surface area contributed by atoms with Crippen LogP contribution in [-0.4, -0.2) is 4.98 Å². The van der Waals surface area contributed by atoms with E-state index in [-0.39, 0.29) is 5.54 Å². The van der Waals surface area contributed by atoms with Gasteiger partial charge in [0.15, 0.2) is 0 Å². The van der Waals surface area contributed by atoms with Crippen molar-refractivity contribution in [3.63, 3.8) is 0 Å². The number of rotatable bonds is 2. The topological polar surface area (TPSA) is 38.9 Å². The zero-order valence-electron chi connectivity index (χ0n) is 10.3. The minimum atomic E-state index is -0.131. The van der Waals surface area contributed by atoms with Crippen molar-refractivity contribution in [1.82, 2.24) is 4.98 Å². The van der Waals surface area contributed by atoms with E-state index in [4.69, 9.17) is 5.73 Å². The van der Waals surface area contributed by atoms with Crippen LogP contribution in [0.5, 0.6) is 0 Å². The third kappa shape index (κ3) is 2.46. The molecule has 0 bridgehead atoms. The highest BCUT2D eigenvalue weighted by molar-refractivity contribution is 7.11. The fourth-order valence-corrected chi connectivity index (χ4v) is 3.43. The maximum atomic E-state index is 6.54. The van der Waals surface area contributed by atoms with Crippen molar-refractivity contribution in [1.29, 1.82) is 0 Å². The second-order valence-electron chi connectivity index (χ2n) is 5.29. The normalized spacial score (nSPS) is 21.0. The molecular weight excluding hydrogens is 216 g/mol. The Labute approximate surface area is 102 Å². The van der Waals surface area contributed by atoms with Gasteiger partial charge in [0.2, 0.25) is 0 Å². The molecule has 0 amide bonds. The second kappa shape index (κ2) is 4.84. The van der Waals surface area contributed by atoms with Crippen LogP contribution in [0.25, 0.3) is 0 Å². The maximum absolute atomic E-state index is 6.54. The molecule has 1 aliphatic rings. The van der Waals surface area contributed by atoms with Crippen LogP contribution in [0, 0.1) is 0 Å². The highest BCUT2D eigenvalue weighted by Gasteiger charge is 2.31. The molecule has 3 heteroatoms. The van der Waals surface area contributed by atoms with E-state index < -0.39 is 0 Å². The van der Waals surface area contributed by atoms with Crippen molar-refractivity contribution in [2.24, 2.45) is 5.73 Å². The summed E-state index contributed by atoms with van der Waals surface area (Å²) in [4.78, 5) is 5.93. The molecule has 2 nitrogen and oxygen atoms in total. The molecule has 2 rings (SSSR count). The van der Waals surface area contributed by atoms with Crippen LogP contribution in [0.4, 0.5) is 0 Å². The fourth-order valence-electron chi connectivity index (χ4n) is 2.36. The Morgan fingerprint density at radius 2 is 1.88 bits per heavy atom. The van der Waals surface area contributed by atoms with E-state index in [1.807, 2.05) is 17.5 Å². The summed E-state index contributed by atoms with van der Waals surface area (Å²) in [5.41, 5.74) is 6.41. The third-order valence-electron chi connectivity index (χ3n) is 3.51. The molecule has 1 aromatic heterocycles. The average molecular weight is 238 g/mol. The predicted molar refractivity (Wildman–Crippen MR) is 69.8 cm³/mol. The van der Waals surface area contributed by atoms with Gasteiger partial charge in [-0.05, 0) is 18.8 Å². The van der Waals surface area contributed by atoms with Crippen LogP contribution in [0.1, 0.15) is 68.2 Å². The molecule has 90 valence electrons. The molecule has 0 saturated heterocycles. The summed E-state index contributed by atoms with van der Waals surface area (Å²) in [6, 6.07) is 0. The average Bonchev–Trinajstić information content (AvgIpc) is 2.64. The van der Waals surface area contributed by atoms with Crippen molar-refractivity contribution in [3.05, 3.63) is 16.1 Å². The minimum Gasteiger partial charge on any atom is -0.319 e. The van der Waals surface area contributed by atoms with Crippen molar-refractivity contribution in [3.8, 4) is 0 Å². The smallest absolute Gasteiger partial charge is 0.113 e. The first kappa shape index (κ1) is 12.1. The molecule has 1 aromatic rings. The summed E-state index contributed by atoms with van der Waals surface area (Å²) in [5.74, 6) is 0.570. The van der Waals surface area contributed by atoms with Crippen LogP contribution in [-0.2, 0) is 5.54 Å². The molecule has 0 unspecified atom stereocenters. The van der Waals surface area contributed by atoms with Crippen LogP contribution in [0.15, 0.2) is 6.20 Å². The summed E-state index contributed by atoms with van der Waals surface area (Å²) >= 11 is 1.82. The third-order valence-corrected chi connectivity index (χ3v) is 5.03. The summed E-state index contributed by atoms with van der Waals surface area (Å²) in [6.07, 6.45) is 9.42. The molecule has 1 fully saturated rings. The number of nitrogens with zero attached hydrogens (tertiary/aromatic N) is 1. The van der Waals surface area contributed by atoms with E-state index in [0.29, 0.717) is 5.92 Å². The lowest BCUT2D eigenvalue weighted by Crippen LogP contribution is -2.35. The van der Waals surface area contributed by atoms with Gasteiger partial charge in [0.1, 0.15) is 5.01 Å². The van der Waals surface area contributed by atoms with Gasteiger partial charge < -0.3 is 5.73 Å². The lowest BCUT2D eigenvalue weighted by atomic mass is 9.92. The number of aromatic nitrogens is 1. The molecule has 16 heavy (non-hydrogen) atoms. The number of hydrogen-bond acceptors (Lipinski definition) is 3. The van der Waals surface area contributed by atoms with Crippen molar-refractivity contribution < 1.29 is 0 Å². The van der Waals surface area contributed by atoms with E-state index in [2.05, 4.69) is 18.8 Å². The van der Waals surface area contributed by atoms with E-state index in [1.165, 1.54) is 30.6 Å². The quantitative estimate of drug-likeness (QED) is 0.796. The highest BCUT2D eigenvalue weighted by Crippen LogP contribution is 2.37. The van der Waals surface area contributed by atoms with Crippen LogP contribution >= 0.6 is 11.3 Å². The molecule has 0 atom stereocenters. The van der Waals surface area contributed by atoms with E-state index in [9.17, 15) is 0 Å². The summed E-state index contributed by atoms with van der Waals surface area (Å²) in [5, 5.41) is 1.16. The first-order valence-electron chi connectivity index (χ1n) is 6.37. The lowest BCUT2D eigenvalue weighted by molar-refractivity contribution is 0.384. The SMILES string of the molecule is CC(C)c1cnc(C2(N)CCCCCC2)s1. The Kier molecular flexibility index (Phi) is 3.65. The van der Waals surface area contributed by atoms with Gasteiger partial charge in [0.05, 0.1) is 5.54 Å². The monoisotopic (exact) mass is 238 g/mol. The van der Waals surface area contributed by atoms with Gasteiger partial charge >= 0.3 is 0 Å². The zero-order valence-corrected chi connectivity index (χ0v) is 11.1. The predicted octanol–water partition coefficient (Wildman–Crippen LogP) is 3.77. The fraction of sp³-hybridized carbons (Fsp3) is 0.769. The van der Waals surface area contributed by atoms with Gasteiger partial charge in [0.25, 0.3) is 0 Å². The van der Waals surface area contributed by atoms with Gasteiger partial charge in [-0.25, -0.2) is 4.98 Å². The summed E-state index contributed by atoms with van der Waals surface area (Å²) < 4.78 is 0. The Morgan fingerprint density at radius 3 is 2.38 bits per heavy atom. The first-order valence-corrected chi connectivity index (χ1v) is 7.18. The number of thiazole rings is 1. The van der Waals surface area contributed by atoms with Gasteiger partial charge in [-0.15, -0.1) is 11.3 Å². The standard InChI is InChI=1S/C13H22N2S/c1-10(2)11-9-15-12(16-11)13(14)7-5-3-4-6-8-13/h9-10H,3-8,14H2,1-2H3. The van der Waals surface area contributed by atoms with Crippen LogP contribution in [0.2, 0.25) is 0 Å². The highest BCUT2D eigenvalue weighted by atomic mass is 32.1.